The first-order valence-electron chi connectivity index (χ1n) is 31.1. The van der Waals surface area contributed by atoms with Crippen molar-refractivity contribution < 1.29 is 24.5 Å². The molecule has 2 unspecified atom stereocenters. The molecule has 0 aliphatic heterocycles. The fraction of sp³-hybridized carbons (Fsp3) is 0.905. The molecule has 0 rings (SSSR count). The molecule has 2 atom stereocenters. The Labute approximate surface area is 431 Å². The zero-order chi connectivity index (χ0) is 50.0. The van der Waals surface area contributed by atoms with Gasteiger partial charge in [0.25, 0.3) is 0 Å². The van der Waals surface area contributed by atoms with E-state index in [0.717, 1.165) is 38.5 Å². The van der Waals surface area contributed by atoms with Gasteiger partial charge in [-0.05, 0) is 57.8 Å². The van der Waals surface area contributed by atoms with Gasteiger partial charge >= 0.3 is 5.97 Å². The number of rotatable bonds is 58. The molecule has 3 N–H and O–H groups in total. The molecule has 1 amide bonds. The second-order valence-corrected chi connectivity index (χ2v) is 21.4. The van der Waals surface area contributed by atoms with Crippen molar-refractivity contribution in [3.05, 3.63) is 24.3 Å². The highest BCUT2D eigenvalue weighted by molar-refractivity contribution is 5.76. The van der Waals surface area contributed by atoms with Crippen molar-refractivity contribution in [3.8, 4) is 0 Å². The van der Waals surface area contributed by atoms with Gasteiger partial charge in [0.05, 0.1) is 25.4 Å². The molecule has 0 aliphatic carbocycles. The van der Waals surface area contributed by atoms with Crippen LogP contribution in [-0.4, -0.2) is 47.4 Å². The molecule has 6 heteroatoms. The number of ether oxygens (including phenoxy) is 1. The predicted octanol–water partition coefficient (Wildman–Crippen LogP) is 19.4. The van der Waals surface area contributed by atoms with E-state index in [9.17, 15) is 19.8 Å². The maximum absolute atomic E-state index is 12.4. The van der Waals surface area contributed by atoms with Crippen LogP contribution in [0, 0.1) is 0 Å². The number of carbonyl (C=O) groups excluding carboxylic acids is 2. The summed E-state index contributed by atoms with van der Waals surface area (Å²) < 4.78 is 5.48. The van der Waals surface area contributed by atoms with Crippen LogP contribution < -0.4 is 5.32 Å². The Balaban J connectivity index is 3.34. The molecule has 0 fully saturated rings. The summed E-state index contributed by atoms with van der Waals surface area (Å²) in [5.41, 5.74) is 0. The lowest BCUT2D eigenvalue weighted by Crippen LogP contribution is -2.45. The Kier molecular flexibility index (Phi) is 57.5. The number of hydrogen-bond acceptors (Lipinski definition) is 5. The van der Waals surface area contributed by atoms with Crippen LogP contribution in [0.5, 0.6) is 0 Å². The van der Waals surface area contributed by atoms with Crippen LogP contribution in [0.25, 0.3) is 0 Å². The maximum atomic E-state index is 12.4. The van der Waals surface area contributed by atoms with E-state index in [-0.39, 0.29) is 18.5 Å². The Morgan fingerprint density at radius 1 is 0.391 bits per heavy atom. The van der Waals surface area contributed by atoms with Gasteiger partial charge < -0.3 is 20.3 Å². The van der Waals surface area contributed by atoms with E-state index in [1.807, 2.05) is 6.08 Å². The van der Waals surface area contributed by atoms with Gasteiger partial charge in [0, 0.05) is 12.8 Å². The number of unbranched alkanes of at least 4 members (excludes halogenated alkanes) is 45. The Hall–Kier alpha value is -1.66. The lowest BCUT2D eigenvalue weighted by Gasteiger charge is -2.20. The SMILES string of the molecule is CCCCCCCCC/C=C/C(O)C(CO)NC(=O)CCCCCCCCCCCCCCCCC/C=C\CCCCCCCCCCCCCCOC(=O)CCCCCCCCCCCCCC. The summed E-state index contributed by atoms with van der Waals surface area (Å²) in [5, 5.41) is 22.9. The number of carbonyl (C=O) groups is 2. The minimum absolute atomic E-state index is 0.0181. The number of esters is 1. The van der Waals surface area contributed by atoms with Crippen LogP contribution in [0.1, 0.15) is 341 Å². The fourth-order valence-corrected chi connectivity index (χ4v) is 9.69. The van der Waals surface area contributed by atoms with Crippen molar-refractivity contribution in [2.24, 2.45) is 0 Å². The monoisotopic (exact) mass is 972 g/mol. The smallest absolute Gasteiger partial charge is 0.305 e. The van der Waals surface area contributed by atoms with Crippen LogP contribution in [0.3, 0.4) is 0 Å². The van der Waals surface area contributed by atoms with Crippen molar-refractivity contribution in [2.75, 3.05) is 13.2 Å². The highest BCUT2D eigenvalue weighted by Gasteiger charge is 2.18. The van der Waals surface area contributed by atoms with E-state index in [0.29, 0.717) is 19.4 Å². The highest BCUT2D eigenvalue weighted by Crippen LogP contribution is 2.17. The Morgan fingerprint density at radius 2 is 0.681 bits per heavy atom. The van der Waals surface area contributed by atoms with Crippen LogP contribution in [0.2, 0.25) is 0 Å². The summed E-state index contributed by atoms with van der Waals surface area (Å²) >= 11 is 0. The molecule has 0 aromatic rings. The minimum atomic E-state index is -0.840. The quantitative estimate of drug-likeness (QED) is 0.0321. The normalized spacial score (nSPS) is 12.7. The second kappa shape index (κ2) is 58.9. The number of aliphatic hydroxyl groups excluding tert-OH is 2. The van der Waals surface area contributed by atoms with Gasteiger partial charge in [0.2, 0.25) is 5.91 Å². The van der Waals surface area contributed by atoms with Crippen LogP contribution in [-0.2, 0) is 14.3 Å². The number of amides is 1. The molecular weight excluding hydrogens is 851 g/mol. The lowest BCUT2D eigenvalue weighted by atomic mass is 10.0. The van der Waals surface area contributed by atoms with E-state index in [1.165, 1.54) is 276 Å². The van der Waals surface area contributed by atoms with E-state index in [1.54, 1.807) is 6.08 Å². The van der Waals surface area contributed by atoms with Crippen LogP contribution in [0.4, 0.5) is 0 Å². The second-order valence-electron chi connectivity index (χ2n) is 21.4. The third-order valence-electron chi connectivity index (χ3n) is 14.5. The molecule has 0 aliphatic rings. The summed E-state index contributed by atoms with van der Waals surface area (Å²) in [4.78, 5) is 24.4. The molecular formula is C63H121NO5. The van der Waals surface area contributed by atoms with Gasteiger partial charge in [-0.15, -0.1) is 0 Å². The summed E-state index contributed by atoms with van der Waals surface area (Å²) in [7, 11) is 0. The molecule has 408 valence electrons. The van der Waals surface area contributed by atoms with Gasteiger partial charge in [-0.2, -0.15) is 0 Å². The van der Waals surface area contributed by atoms with E-state index < -0.39 is 12.1 Å². The van der Waals surface area contributed by atoms with Gasteiger partial charge in [-0.1, -0.05) is 295 Å². The van der Waals surface area contributed by atoms with E-state index in [2.05, 4.69) is 31.3 Å². The largest absolute Gasteiger partial charge is 0.466 e. The number of allylic oxidation sites excluding steroid dienone is 3. The summed E-state index contributed by atoms with van der Waals surface area (Å²) in [6.07, 6.45) is 72.5. The van der Waals surface area contributed by atoms with Crippen molar-refractivity contribution in [1.29, 1.82) is 0 Å². The third kappa shape index (κ3) is 55.5. The maximum Gasteiger partial charge on any atom is 0.305 e. The minimum Gasteiger partial charge on any atom is -0.466 e. The van der Waals surface area contributed by atoms with Crippen LogP contribution in [0.15, 0.2) is 24.3 Å². The number of aliphatic hydroxyl groups is 2. The Morgan fingerprint density at radius 3 is 1.03 bits per heavy atom. The zero-order valence-corrected chi connectivity index (χ0v) is 46.6. The first-order valence-corrected chi connectivity index (χ1v) is 31.1. The summed E-state index contributed by atoms with van der Waals surface area (Å²) in [5.74, 6) is -0.0495. The molecule has 0 radical (unpaired) electrons. The summed E-state index contributed by atoms with van der Waals surface area (Å²) in [6.45, 7) is 4.89. The summed E-state index contributed by atoms with van der Waals surface area (Å²) in [6, 6.07) is -0.623. The standard InChI is InChI=1S/C63H121NO5/c1-3-5-7-9-11-13-14-37-41-45-49-53-57-63(68)69-58-54-50-46-42-38-35-33-31-29-27-25-23-21-19-17-15-16-18-20-22-24-26-28-30-32-34-36-40-44-48-52-56-62(67)64-60(59-65)61(66)55-51-47-43-39-12-10-8-6-4-2/h17,19,51,55,60-61,65-66H,3-16,18,20-50,52-54,56-59H2,1-2H3,(H,64,67)/b19-17-,55-51+. The lowest BCUT2D eigenvalue weighted by molar-refractivity contribution is -0.143. The van der Waals surface area contributed by atoms with Crippen molar-refractivity contribution >= 4 is 11.9 Å². The van der Waals surface area contributed by atoms with Crippen molar-refractivity contribution in [2.45, 2.75) is 353 Å². The van der Waals surface area contributed by atoms with E-state index >= 15 is 0 Å². The first kappa shape index (κ1) is 67.3. The molecule has 0 saturated heterocycles. The van der Waals surface area contributed by atoms with E-state index in [4.69, 9.17) is 4.74 Å². The third-order valence-corrected chi connectivity index (χ3v) is 14.5. The molecule has 6 nitrogen and oxygen atoms in total. The molecule has 0 bridgehead atoms. The molecule has 0 spiro atoms. The molecule has 0 aromatic carbocycles. The highest BCUT2D eigenvalue weighted by atomic mass is 16.5. The zero-order valence-electron chi connectivity index (χ0n) is 46.6. The first-order chi connectivity index (χ1) is 34.0. The van der Waals surface area contributed by atoms with Gasteiger partial charge in [-0.3, -0.25) is 9.59 Å². The topological polar surface area (TPSA) is 95.9 Å². The van der Waals surface area contributed by atoms with Gasteiger partial charge in [0.15, 0.2) is 0 Å². The number of hydrogen-bond donors (Lipinski definition) is 3. The number of nitrogens with one attached hydrogen (secondary N) is 1. The fourth-order valence-electron chi connectivity index (χ4n) is 9.69. The van der Waals surface area contributed by atoms with Crippen molar-refractivity contribution in [3.63, 3.8) is 0 Å². The molecule has 0 heterocycles. The van der Waals surface area contributed by atoms with Gasteiger partial charge in [0.1, 0.15) is 0 Å². The van der Waals surface area contributed by atoms with Gasteiger partial charge in [-0.25, -0.2) is 0 Å². The molecule has 69 heavy (non-hydrogen) atoms. The average molecular weight is 973 g/mol. The predicted molar refractivity (Wildman–Crippen MR) is 301 cm³/mol. The average Bonchev–Trinajstić information content (AvgIpc) is 3.35. The van der Waals surface area contributed by atoms with Crippen LogP contribution >= 0.6 is 0 Å². The van der Waals surface area contributed by atoms with Crippen molar-refractivity contribution in [1.82, 2.24) is 5.32 Å². The Bertz CT molecular complexity index is 1080. The molecule has 0 aromatic heterocycles. The molecule has 0 saturated carbocycles.